The highest BCUT2D eigenvalue weighted by atomic mass is 32.2. The Labute approximate surface area is 271 Å². The van der Waals surface area contributed by atoms with Crippen molar-refractivity contribution in [2.24, 2.45) is 0 Å². The van der Waals surface area contributed by atoms with E-state index in [1.54, 1.807) is 26.4 Å². The maximum atomic E-state index is 14.2. The molecule has 1 N–H and O–H groups in total. The molecule has 0 heterocycles. The summed E-state index contributed by atoms with van der Waals surface area (Å²) in [5, 5.41) is 3.03. The summed E-state index contributed by atoms with van der Waals surface area (Å²) in [4.78, 5) is 29.7. The number of sulfonamides is 1. The molecule has 0 unspecified atom stereocenters. The van der Waals surface area contributed by atoms with E-state index in [-0.39, 0.29) is 25.4 Å². The summed E-state index contributed by atoms with van der Waals surface area (Å²) in [5.41, 5.74) is 3.41. The molecule has 1 atom stereocenters. The van der Waals surface area contributed by atoms with Crippen LogP contribution in [0.2, 0.25) is 0 Å². The van der Waals surface area contributed by atoms with Crippen LogP contribution in [0.5, 0.6) is 11.5 Å². The van der Waals surface area contributed by atoms with Gasteiger partial charge in [-0.05, 0) is 52.9 Å². The molecule has 9 nitrogen and oxygen atoms in total. The first kappa shape index (κ1) is 34.2. The number of hydrogen-bond donors (Lipinski definition) is 1. The molecule has 4 rings (SSSR count). The molecule has 10 heteroatoms. The predicted octanol–water partition coefficient (Wildman–Crippen LogP) is 4.46. The highest BCUT2D eigenvalue weighted by molar-refractivity contribution is 7.88. The average Bonchev–Trinajstić information content (AvgIpc) is 3.07. The number of ether oxygens (including phenoxy) is 2. The molecule has 0 aromatic heterocycles. The zero-order valence-corrected chi connectivity index (χ0v) is 27.3. The Hall–Kier alpha value is -4.67. The fourth-order valence-electron chi connectivity index (χ4n) is 5.04. The number of benzene rings is 4. The van der Waals surface area contributed by atoms with Gasteiger partial charge in [-0.2, -0.15) is 4.31 Å². The summed E-state index contributed by atoms with van der Waals surface area (Å²) < 4.78 is 37.5. The average molecular weight is 644 g/mol. The molecule has 0 aliphatic carbocycles. The van der Waals surface area contributed by atoms with E-state index in [1.807, 2.05) is 97.1 Å². The van der Waals surface area contributed by atoms with E-state index in [0.29, 0.717) is 18.7 Å². The maximum absolute atomic E-state index is 14.2. The Morgan fingerprint density at radius 2 is 1.20 bits per heavy atom. The van der Waals surface area contributed by atoms with Gasteiger partial charge in [0.25, 0.3) is 0 Å². The van der Waals surface area contributed by atoms with Crippen LogP contribution in [0.3, 0.4) is 0 Å². The first-order valence-corrected chi connectivity index (χ1v) is 16.9. The third-order valence-corrected chi connectivity index (χ3v) is 8.83. The van der Waals surface area contributed by atoms with Gasteiger partial charge in [0, 0.05) is 26.1 Å². The van der Waals surface area contributed by atoms with Crippen molar-refractivity contribution in [2.45, 2.75) is 32.0 Å². The first-order chi connectivity index (χ1) is 22.2. The van der Waals surface area contributed by atoms with E-state index in [4.69, 9.17) is 9.47 Å². The summed E-state index contributed by atoms with van der Waals surface area (Å²) in [7, 11) is -0.586. The Balaban J connectivity index is 1.63. The highest BCUT2D eigenvalue weighted by Gasteiger charge is 2.32. The SMILES string of the molecule is COc1ccc(CCNC(=O)[C@@H](Cc2ccccc2)N(Cc2ccc(OC)cc2)C(=O)CN(Cc2ccccc2)S(C)(=O)=O)cc1. The van der Waals surface area contributed by atoms with Crippen molar-refractivity contribution in [1.29, 1.82) is 0 Å². The largest absolute Gasteiger partial charge is 0.497 e. The van der Waals surface area contributed by atoms with E-state index in [2.05, 4.69) is 5.32 Å². The van der Waals surface area contributed by atoms with Crippen molar-refractivity contribution in [3.63, 3.8) is 0 Å². The molecule has 0 spiro atoms. The van der Waals surface area contributed by atoms with E-state index in [1.165, 1.54) is 4.90 Å². The summed E-state index contributed by atoms with van der Waals surface area (Å²) in [6.45, 7) is 0.0488. The van der Waals surface area contributed by atoms with Gasteiger partial charge in [0.2, 0.25) is 21.8 Å². The number of hydrogen-bond acceptors (Lipinski definition) is 6. The summed E-state index contributed by atoms with van der Waals surface area (Å²) >= 11 is 0. The van der Waals surface area contributed by atoms with Crippen LogP contribution in [-0.4, -0.2) is 69.0 Å². The van der Waals surface area contributed by atoms with Gasteiger partial charge in [-0.15, -0.1) is 0 Å². The number of amides is 2. The second-order valence-corrected chi connectivity index (χ2v) is 13.0. The van der Waals surface area contributed by atoms with Gasteiger partial charge in [0.1, 0.15) is 17.5 Å². The van der Waals surface area contributed by atoms with Gasteiger partial charge in [0.05, 0.1) is 27.0 Å². The highest BCUT2D eigenvalue weighted by Crippen LogP contribution is 2.19. The van der Waals surface area contributed by atoms with Crippen LogP contribution in [0, 0.1) is 0 Å². The van der Waals surface area contributed by atoms with Crippen molar-refractivity contribution in [3.8, 4) is 11.5 Å². The molecule has 242 valence electrons. The minimum atomic E-state index is -3.77. The van der Waals surface area contributed by atoms with Crippen LogP contribution in [0.4, 0.5) is 0 Å². The van der Waals surface area contributed by atoms with Gasteiger partial charge in [0.15, 0.2) is 0 Å². The minimum Gasteiger partial charge on any atom is -0.497 e. The number of nitrogens with zero attached hydrogens (tertiary/aromatic N) is 2. The van der Waals surface area contributed by atoms with Crippen LogP contribution in [0.1, 0.15) is 22.3 Å². The smallest absolute Gasteiger partial charge is 0.243 e. The second kappa shape index (κ2) is 16.6. The Morgan fingerprint density at radius 1 is 0.696 bits per heavy atom. The molecule has 0 saturated carbocycles. The molecule has 0 bridgehead atoms. The molecule has 2 amide bonds. The lowest BCUT2D eigenvalue weighted by molar-refractivity contribution is -0.141. The Kier molecular flexibility index (Phi) is 12.3. The monoisotopic (exact) mass is 643 g/mol. The number of carbonyl (C=O) groups is 2. The summed E-state index contributed by atoms with van der Waals surface area (Å²) in [5.74, 6) is 0.597. The van der Waals surface area contributed by atoms with Gasteiger partial charge in [-0.1, -0.05) is 84.9 Å². The molecule has 4 aromatic rings. The number of rotatable bonds is 16. The van der Waals surface area contributed by atoms with Gasteiger partial charge in [-0.25, -0.2) is 8.42 Å². The fraction of sp³-hybridized carbons (Fsp3) is 0.278. The lowest BCUT2D eigenvalue weighted by Gasteiger charge is -2.33. The quantitative estimate of drug-likeness (QED) is 0.193. The number of nitrogens with one attached hydrogen (secondary N) is 1. The lowest BCUT2D eigenvalue weighted by Crippen LogP contribution is -2.53. The lowest BCUT2D eigenvalue weighted by atomic mass is 10.0. The zero-order chi connectivity index (χ0) is 32.9. The number of methoxy groups -OCH3 is 2. The predicted molar refractivity (Wildman–Crippen MR) is 179 cm³/mol. The molecule has 0 saturated heterocycles. The summed E-state index contributed by atoms with van der Waals surface area (Å²) in [6.07, 6.45) is 1.91. The Morgan fingerprint density at radius 3 is 1.72 bits per heavy atom. The minimum absolute atomic E-state index is 0.0270. The van der Waals surface area contributed by atoms with E-state index in [9.17, 15) is 18.0 Å². The van der Waals surface area contributed by atoms with E-state index >= 15 is 0 Å². The van der Waals surface area contributed by atoms with Gasteiger partial charge < -0.3 is 19.7 Å². The standard InChI is InChI=1S/C36H41N3O6S/c1-44-32-18-14-28(15-19-32)22-23-37-36(41)34(24-29-10-6-4-7-11-29)39(26-31-16-20-33(45-2)21-17-31)35(40)27-38(46(3,42)43)25-30-12-8-5-9-13-30/h4-21,34H,22-27H2,1-3H3,(H,37,41)/t34-/m1/s1. The van der Waals surface area contributed by atoms with Crippen LogP contribution >= 0.6 is 0 Å². The van der Waals surface area contributed by atoms with Crippen LogP contribution in [-0.2, 0) is 45.5 Å². The molecular weight excluding hydrogens is 602 g/mol. The van der Waals surface area contributed by atoms with Crippen LogP contribution in [0.25, 0.3) is 0 Å². The normalized spacial score (nSPS) is 11.9. The first-order valence-electron chi connectivity index (χ1n) is 15.0. The molecule has 4 aromatic carbocycles. The molecule has 0 aliphatic rings. The topological polar surface area (TPSA) is 105 Å². The molecule has 46 heavy (non-hydrogen) atoms. The van der Waals surface area contributed by atoms with Gasteiger partial charge >= 0.3 is 0 Å². The zero-order valence-electron chi connectivity index (χ0n) is 26.5. The molecular formula is C36H41N3O6S. The van der Waals surface area contributed by atoms with Crippen molar-refractivity contribution >= 4 is 21.8 Å². The van der Waals surface area contributed by atoms with Gasteiger partial charge in [-0.3, -0.25) is 9.59 Å². The molecule has 0 radical (unpaired) electrons. The molecule has 0 fully saturated rings. The third kappa shape index (κ3) is 10.2. The molecule has 0 aliphatic heterocycles. The second-order valence-electron chi connectivity index (χ2n) is 11.0. The van der Waals surface area contributed by atoms with E-state index in [0.717, 1.165) is 38.6 Å². The number of carbonyl (C=O) groups excluding carboxylic acids is 2. The van der Waals surface area contributed by atoms with Crippen LogP contribution < -0.4 is 14.8 Å². The maximum Gasteiger partial charge on any atom is 0.243 e. The van der Waals surface area contributed by atoms with E-state index < -0.39 is 28.5 Å². The Bertz CT molecular complexity index is 1650. The van der Waals surface area contributed by atoms with Crippen molar-refractivity contribution in [1.82, 2.24) is 14.5 Å². The third-order valence-electron chi connectivity index (χ3n) is 7.64. The van der Waals surface area contributed by atoms with Crippen LogP contribution in [0.15, 0.2) is 109 Å². The van der Waals surface area contributed by atoms with Crippen molar-refractivity contribution in [3.05, 3.63) is 131 Å². The summed E-state index contributed by atoms with van der Waals surface area (Å²) in [6, 6.07) is 32.5. The van der Waals surface area contributed by atoms with Crippen molar-refractivity contribution in [2.75, 3.05) is 33.6 Å². The van der Waals surface area contributed by atoms with Crippen molar-refractivity contribution < 1.29 is 27.5 Å². The fourth-order valence-corrected chi connectivity index (χ4v) is 5.77.